The number of rotatable bonds is 5. The van der Waals surface area contributed by atoms with Crippen molar-refractivity contribution in [1.82, 2.24) is 0 Å². The molecule has 0 aliphatic rings. The van der Waals surface area contributed by atoms with Crippen LogP contribution in [0.2, 0.25) is 5.02 Å². The Hall–Kier alpha value is -1.88. The third-order valence-electron chi connectivity index (χ3n) is 2.89. The van der Waals surface area contributed by atoms with Crippen LogP contribution in [0.4, 0.5) is 18.9 Å². The molecule has 2 aromatic rings. The minimum absolute atomic E-state index is 0.0422. The van der Waals surface area contributed by atoms with Crippen LogP contribution < -0.4 is 10.1 Å². The Morgan fingerprint density at radius 2 is 1.90 bits per heavy atom. The average molecular weight is 316 g/mol. The average Bonchev–Trinajstić information content (AvgIpc) is 2.42. The van der Waals surface area contributed by atoms with Crippen molar-refractivity contribution in [2.75, 3.05) is 5.32 Å². The van der Waals surface area contributed by atoms with Gasteiger partial charge in [-0.2, -0.15) is 8.78 Å². The highest BCUT2D eigenvalue weighted by Gasteiger charge is 2.10. The van der Waals surface area contributed by atoms with E-state index in [1.165, 1.54) is 24.3 Å². The molecule has 6 heteroatoms. The monoisotopic (exact) mass is 315 g/mol. The highest BCUT2D eigenvalue weighted by molar-refractivity contribution is 6.30. The number of hydrogen-bond acceptors (Lipinski definition) is 2. The summed E-state index contributed by atoms with van der Waals surface area (Å²) in [5.74, 6) is -0.443. The third kappa shape index (κ3) is 4.29. The van der Waals surface area contributed by atoms with E-state index in [0.717, 1.165) is 5.56 Å². The fourth-order valence-electron chi connectivity index (χ4n) is 1.88. The molecule has 0 aliphatic heterocycles. The van der Waals surface area contributed by atoms with E-state index in [-0.39, 0.29) is 16.8 Å². The van der Waals surface area contributed by atoms with E-state index < -0.39 is 12.4 Å². The van der Waals surface area contributed by atoms with Crippen LogP contribution in [0.3, 0.4) is 0 Å². The lowest BCUT2D eigenvalue weighted by Gasteiger charge is -2.17. The molecule has 0 saturated heterocycles. The number of ether oxygens (including phenoxy) is 1. The smallest absolute Gasteiger partial charge is 0.387 e. The molecule has 1 atom stereocenters. The summed E-state index contributed by atoms with van der Waals surface area (Å²) in [6.07, 6.45) is 0. The van der Waals surface area contributed by atoms with Gasteiger partial charge in [0.1, 0.15) is 11.6 Å². The molecule has 0 amide bonds. The van der Waals surface area contributed by atoms with E-state index in [2.05, 4.69) is 10.1 Å². The summed E-state index contributed by atoms with van der Waals surface area (Å²) >= 11 is 5.61. The quantitative estimate of drug-likeness (QED) is 0.813. The second-order valence-electron chi connectivity index (χ2n) is 4.45. The zero-order valence-corrected chi connectivity index (χ0v) is 11.9. The van der Waals surface area contributed by atoms with Gasteiger partial charge in [0.05, 0.1) is 5.02 Å². The van der Waals surface area contributed by atoms with Crippen molar-refractivity contribution in [1.29, 1.82) is 0 Å². The molecular formula is C15H13ClF3NO. The van der Waals surface area contributed by atoms with E-state index in [4.69, 9.17) is 11.6 Å². The maximum atomic E-state index is 13.4. The van der Waals surface area contributed by atoms with Crippen LogP contribution >= 0.6 is 11.6 Å². The number of anilines is 1. The summed E-state index contributed by atoms with van der Waals surface area (Å²) in [5.41, 5.74) is 1.29. The molecule has 112 valence electrons. The first-order valence-electron chi connectivity index (χ1n) is 6.22. The molecule has 0 aromatic heterocycles. The van der Waals surface area contributed by atoms with Crippen LogP contribution in [-0.2, 0) is 0 Å². The molecule has 2 rings (SSSR count). The lowest BCUT2D eigenvalue weighted by atomic mass is 10.1. The van der Waals surface area contributed by atoms with E-state index in [1.54, 1.807) is 18.2 Å². The summed E-state index contributed by atoms with van der Waals surface area (Å²) in [6.45, 7) is -1.04. The molecule has 0 saturated carbocycles. The molecule has 0 heterocycles. The lowest BCUT2D eigenvalue weighted by Crippen LogP contribution is -2.08. The third-order valence-corrected chi connectivity index (χ3v) is 3.19. The van der Waals surface area contributed by atoms with Crippen LogP contribution in [0.25, 0.3) is 0 Å². The van der Waals surface area contributed by atoms with Gasteiger partial charge < -0.3 is 10.1 Å². The van der Waals surface area contributed by atoms with E-state index in [0.29, 0.717) is 5.69 Å². The Bertz CT molecular complexity index is 622. The Morgan fingerprint density at radius 1 is 1.14 bits per heavy atom. The standard InChI is InChI=1S/C15H13ClF3NO/c1-9(20-11-5-6-13(16)14(17)8-11)10-3-2-4-12(7-10)21-15(18)19/h2-9,15,20H,1H3. The molecule has 2 aromatic carbocycles. The first-order valence-corrected chi connectivity index (χ1v) is 6.60. The molecule has 1 unspecified atom stereocenters. The van der Waals surface area contributed by atoms with Gasteiger partial charge in [-0.25, -0.2) is 4.39 Å². The van der Waals surface area contributed by atoms with Crippen LogP contribution in [-0.4, -0.2) is 6.61 Å². The highest BCUT2D eigenvalue weighted by atomic mass is 35.5. The van der Waals surface area contributed by atoms with E-state index in [1.807, 2.05) is 6.92 Å². The van der Waals surface area contributed by atoms with Gasteiger partial charge in [0.25, 0.3) is 0 Å². The predicted octanol–water partition coefficient (Wildman–Crippen LogP) is 5.25. The lowest BCUT2D eigenvalue weighted by molar-refractivity contribution is -0.0498. The summed E-state index contributed by atoms with van der Waals surface area (Å²) in [7, 11) is 0. The SMILES string of the molecule is CC(Nc1ccc(Cl)c(F)c1)c1cccc(OC(F)F)c1. The molecule has 1 N–H and O–H groups in total. The summed E-state index contributed by atoms with van der Waals surface area (Å²) in [6, 6.07) is 10.5. The summed E-state index contributed by atoms with van der Waals surface area (Å²) < 4.78 is 42.1. The Labute approximate surface area is 125 Å². The molecule has 0 aliphatic carbocycles. The Kier molecular flexibility index (Phi) is 4.96. The van der Waals surface area contributed by atoms with Crippen molar-refractivity contribution in [3.63, 3.8) is 0 Å². The van der Waals surface area contributed by atoms with Crippen molar-refractivity contribution in [2.24, 2.45) is 0 Å². The molecule has 0 spiro atoms. The Balaban J connectivity index is 2.12. The normalized spacial score (nSPS) is 12.3. The first-order chi connectivity index (χ1) is 9.95. The second-order valence-corrected chi connectivity index (χ2v) is 4.85. The minimum atomic E-state index is -2.87. The molecule has 0 bridgehead atoms. The highest BCUT2D eigenvalue weighted by Crippen LogP contribution is 2.25. The second kappa shape index (κ2) is 6.72. The number of hydrogen-bond donors (Lipinski definition) is 1. The van der Waals surface area contributed by atoms with Crippen molar-refractivity contribution < 1.29 is 17.9 Å². The predicted molar refractivity (Wildman–Crippen MR) is 76.5 cm³/mol. The van der Waals surface area contributed by atoms with Crippen LogP contribution in [0.1, 0.15) is 18.5 Å². The molecule has 0 fully saturated rings. The largest absolute Gasteiger partial charge is 0.435 e. The maximum Gasteiger partial charge on any atom is 0.387 e. The van der Waals surface area contributed by atoms with Crippen molar-refractivity contribution in [3.8, 4) is 5.75 Å². The fraction of sp³-hybridized carbons (Fsp3) is 0.200. The number of nitrogens with one attached hydrogen (secondary N) is 1. The van der Waals surface area contributed by atoms with Gasteiger partial charge in [-0.15, -0.1) is 0 Å². The molecule has 21 heavy (non-hydrogen) atoms. The summed E-state index contributed by atoms with van der Waals surface area (Å²) in [5, 5.41) is 3.11. The zero-order valence-electron chi connectivity index (χ0n) is 11.1. The fourth-order valence-corrected chi connectivity index (χ4v) is 2.00. The van der Waals surface area contributed by atoms with Gasteiger partial charge in [-0.1, -0.05) is 23.7 Å². The van der Waals surface area contributed by atoms with Gasteiger partial charge in [-0.05, 0) is 42.8 Å². The van der Waals surface area contributed by atoms with Crippen molar-refractivity contribution in [3.05, 3.63) is 58.9 Å². The number of alkyl halides is 2. The number of benzene rings is 2. The van der Waals surface area contributed by atoms with Crippen LogP contribution in [0, 0.1) is 5.82 Å². The van der Waals surface area contributed by atoms with Crippen LogP contribution in [0.5, 0.6) is 5.75 Å². The van der Waals surface area contributed by atoms with E-state index in [9.17, 15) is 13.2 Å². The van der Waals surface area contributed by atoms with Gasteiger partial charge >= 0.3 is 6.61 Å². The molecule has 0 radical (unpaired) electrons. The zero-order chi connectivity index (χ0) is 15.4. The van der Waals surface area contributed by atoms with Crippen molar-refractivity contribution in [2.45, 2.75) is 19.6 Å². The molecule has 2 nitrogen and oxygen atoms in total. The van der Waals surface area contributed by atoms with Gasteiger partial charge in [-0.3, -0.25) is 0 Å². The summed E-state index contributed by atoms with van der Waals surface area (Å²) in [4.78, 5) is 0. The Morgan fingerprint density at radius 3 is 2.57 bits per heavy atom. The topological polar surface area (TPSA) is 21.3 Å². The van der Waals surface area contributed by atoms with E-state index >= 15 is 0 Å². The maximum absolute atomic E-state index is 13.4. The molecular weight excluding hydrogens is 303 g/mol. The van der Waals surface area contributed by atoms with Gasteiger partial charge in [0, 0.05) is 11.7 Å². The van der Waals surface area contributed by atoms with Gasteiger partial charge in [0.2, 0.25) is 0 Å². The van der Waals surface area contributed by atoms with Crippen LogP contribution in [0.15, 0.2) is 42.5 Å². The van der Waals surface area contributed by atoms with Gasteiger partial charge in [0.15, 0.2) is 0 Å². The van der Waals surface area contributed by atoms with Crippen molar-refractivity contribution >= 4 is 17.3 Å². The first kappa shape index (κ1) is 15.5. The minimum Gasteiger partial charge on any atom is -0.435 e. The number of halogens is 4.